The van der Waals surface area contributed by atoms with Crippen LogP contribution < -0.4 is 11.1 Å². The molecule has 0 atom stereocenters. The second-order valence-corrected chi connectivity index (χ2v) is 4.24. The molecule has 3 aromatic rings. The summed E-state index contributed by atoms with van der Waals surface area (Å²) >= 11 is 0. The van der Waals surface area contributed by atoms with E-state index in [0.29, 0.717) is 17.2 Å². The van der Waals surface area contributed by atoms with Crippen LogP contribution >= 0.6 is 0 Å². The zero-order valence-corrected chi connectivity index (χ0v) is 10.3. The number of aryl methyl sites for hydroxylation is 1. The zero-order valence-electron chi connectivity index (χ0n) is 10.3. The van der Waals surface area contributed by atoms with Gasteiger partial charge in [0.2, 0.25) is 0 Å². The van der Waals surface area contributed by atoms with Gasteiger partial charge in [0, 0.05) is 18.7 Å². The Hall–Kier alpha value is -2.56. The van der Waals surface area contributed by atoms with Gasteiger partial charge in [0.25, 0.3) is 0 Å². The molecule has 0 aliphatic carbocycles. The molecule has 0 radical (unpaired) electrons. The summed E-state index contributed by atoms with van der Waals surface area (Å²) in [6.45, 7) is 1.79. The number of fused-ring (bicyclic) bond motifs is 1. The SMILES string of the molecule is Cc1nc2ccc(Nc3cccc(F)c3N)cc2o1. The lowest BCUT2D eigenvalue weighted by Crippen LogP contribution is -1.98. The minimum Gasteiger partial charge on any atom is -0.441 e. The number of nitrogen functional groups attached to an aromatic ring is 1. The van der Waals surface area contributed by atoms with Crippen LogP contribution in [0, 0.1) is 12.7 Å². The Labute approximate surface area is 109 Å². The summed E-state index contributed by atoms with van der Waals surface area (Å²) in [5.41, 5.74) is 8.52. The molecule has 0 saturated heterocycles. The number of nitrogens with two attached hydrogens (primary N) is 1. The molecule has 0 spiro atoms. The van der Waals surface area contributed by atoms with Crippen LogP contribution in [0.4, 0.5) is 21.5 Å². The molecular weight excluding hydrogens is 245 g/mol. The monoisotopic (exact) mass is 257 g/mol. The second kappa shape index (κ2) is 4.28. The summed E-state index contributed by atoms with van der Waals surface area (Å²) in [5, 5.41) is 3.06. The van der Waals surface area contributed by atoms with Gasteiger partial charge < -0.3 is 15.5 Å². The Morgan fingerprint density at radius 1 is 1.26 bits per heavy atom. The van der Waals surface area contributed by atoms with Gasteiger partial charge in [-0.25, -0.2) is 9.37 Å². The van der Waals surface area contributed by atoms with Gasteiger partial charge in [0.15, 0.2) is 11.5 Å². The molecule has 1 aromatic heterocycles. The summed E-state index contributed by atoms with van der Waals surface area (Å²) in [6.07, 6.45) is 0. The normalized spacial score (nSPS) is 10.8. The Morgan fingerprint density at radius 2 is 2.11 bits per heavy atom. The zero-order chi connectivity index (χ0) is 13.4. The Balaban J connectivity index is 1.98. The van der Waals surface area contributed by atoms with Crippen molar-refractivity contribution in [3.63, 3.8) is 0 Å². The summed E-state index contributed by atoms with van der Waals surface area (Å²) in [5.74, 6) is 0.166. The lowest BCUT2D eigenvalue weighted by atomic mass is 10.2. The first kappa shape index (κ1) is 11.5. The molecule has 3 rings (SSSR count). The highest BCUT2D eigenvalue weighted by molar-refractivity contribution is 5.81. The van der Waals surface area contributed by atoms with Crippen molar-refractivity contribution in [1.82, 2.24) is 4.98 Å². The van der Waals surface area contributed by atoms with Crippen LogP contribution in [0.2, 0.25) is 0 Å². The fourth-order valence-electron chi connectivity index (χ4n) is 1.92. The van der Waals surface area contributed by atoms with Gasteiger partial charge in [0.05, 0.1) is 11.4 Å². The summed E-state index contributed by atoms with van der Waals surface area (Å²) in [6, 6.07) is 10.1. The fourth-order valence-corrected chi connectivity index (χ4v) is 1.92. The number of benzene rings is 2. The van der Waals surface area contributed by atoms with Crippen LogP contribution in [0.25, 0.3) is 11.1 Å². The molecule has 0 unspecified atom stereocenters. The minimum atomic E-state index is -0.443. The quantitative estimate of drug-likeness (QED) is 0.688. The van der Waals surface area contributed by atoms with E-state index >= 15 is 0 Å². The molecule has 0 aliphatic heterocycles. The number of oxazole rings is 1. The molecule has 4 nitrogen and oxygen atoms in total. The number of hydrogen-bond donors (Lipinski definition) is 2. The minimum absolute atomic E-state index is 0.0938. The lowest BCUT2D eigenvalue weighted by molar-refractivity contribution is 0.561. The lowest BCUT2D eigenvalue weighted by Gasteiger charge is -2.09. The van der Waals surface area contributed by atoms with Gasteiger partial charge in [-0.1, -0.05) is 6.07 Å². The number of para-hydroxylation sites is 1. The number of nitrogens with one attached hydrogen (secondary N) is 1. The first-order chi connectivity index (χ1) is 9.13. The van der Waals surface area contributed by atoms with Crippen molar-refractivity contribution in [2.24, 2.45) is 0 Å². The molecule has 0 bridgehead atoms. The largest absolute Gasteiger partial charge is 0.441 e. The van der Waals surface area contributed by atoms with E-state index in [1.54, 1.807) is 25.1 Å². The molecule has 0 aliphatic rings. The highest BCUT2D eigenvalue weighted by atomic mass is 19.1. The summed E-state index contributed by atoms with van der Waals surface area (Å²) in [4.78, 5) is 4.21. The van der Waals surface area contributed by atoms with Crippen molar-refractivity contribution >= 4 is 28.2 Å². The van der Waals surface area contributed by atoms with Gasteiger partial charge in [-0.05, 0) is 24.3 Å². The van der Waals surface area contributed by atoms with Crippen molar-refractivity contribution in [2.75, 3.05) is 11.1 Å². The van der Waals surface area contributed by atoms with Crippen molar-refractivity contribution in [3.8, 4) is 0 Å². The van der Waals surface area contributed by atoms with E-state index in [0.717, 1.165) is 11.2 Å². The van der Waals surface area contributed by atoms with E-state index in [4.69, 9.17) is 10.2 Å². The maximum Gasteiger partial charge on any atom is 0.192 e. The maximum absolute atomic E-state index is 13.3. The molecule has 0 amide bonds. The number of hydrogen-bond acceptors (Lipinski definition) is 4. The van der Waals surface area contributed by atoms with Crippen LogP contribution in [0.1, 0.15) is 5.89 Å². The first-order valence-corrected chi connectivity index (χ1v) is 5.82. The molecule has 0 saturated carbocycles. The summed E-state index contributed by atoms with van der Waals surface area (Å²) in [7, 11) is 0. The van der Waals surface area contributed by atoms with Gasteiger partial charge in [0.1, 0.15) is 11.3 Å². The van der Waals surface area contributed by atoms with Crippen molar-refractivity contribution in [1.29, 1.82) is 0 Å². The standard InChI is InChI=1S/C14H12FN3O/c1-8-17-11-6-5-9(7-13(11)19-8)18-12-4-2-3-10(15)14(12)16/h2-7,18H,16H2,1H3. The van der Waals surface area contributed by atoms with Crippen LogP contribution in [0.15, 0.2) is 40.8 Å². The Morgan fingerprint density at radius 3 is 2.95 bits per heavy atom. The molecule has 2 aromatic carbocycles. The van der Waals surface area contributed by atoms with Gasteiger partial charge in [-0.3, -0.25) is 0 Å². The van der Waals surface area contributed by atoms with Crippen LogP contribution in [0.3, 0.4) is 0 Å². The van der Waals surface area contributed by atoms with Crippen LogP contribution in [0.5, 0.6) is 0 Å². The van der Waals surface area contributed by atoms with E-state index in [1.807, 2.05) is 12.1 Å². The highest BCUT2D eigenvalue weighted by Crippen LogP contribution is 2.27. The van der Waals surface area contributed by atoms with Crippen molar-refractivity contribution < 1.29 is 8.81 Å². The molecule has 0 fully saturated rings. The third kappa shape index (κ3) is 2.10. The van der Waals surface area contributed by atoms with E-state index in [-0.39, 0.29) is 5.69 Å². The van der Waals surface area contributed by atoms with Gasteiger partial charge in [-0.15, -0.1) is 0 Å². The van der Waals surface area contributed by atoms with Crippen molar-refractivity contribution in [3.05, 3.63) is 48.1 Å². The second-order valence-electron chi connectivity index (χ2n) is 4.24. The average Bonchev–Trinajstić information content (AvgIpc) is 2.74. The Bertz CT molecular complexity index is 752. The Kier molecular flexibility index (Phi) is 2.59. The average molecular weight is 257 g/mol. The molecule has 96 valence electrons. The van der Waals surface area contributed by atoms with Gasteiger partial charge >= 0.3 is 0 Å². The molecule has 5 heteroatoms. The van der Waals surface area contributed by atoms with Crippen molar-refractivity contribution in [2.45, 2.75) is 6.92 Å². The highest BCUT2D eigenvalue weighted by Gasteiger charge is 2.07. The first-order valence-electron chi connectivity index (χ1n) is 5.82. The number of nitrogens with zero attached hydrogens (tertiary/aromatic N) is 1. The van der Waals surface area contributed by atoms with E-state index in [1.165, 1.54) is 6.07 Å². The van der Waals surface area contributed by atoms with E-state index in [9.17, 15) is 4.39 Å². The smallest absolute Gasteiger partial charge is 0.192 e. The molecular formula is C14H12FN3O. The van der Waals surface area contributed by atoms with E-state index < -0.39 is 5.82 Å². The third-order valence-corrected chi connectivity index (χ3v) is 2.83. The molecule has 3 N–H and O–H groups in total. The number of rotatable bonds is 2. The number of anilines is 3. The predicted molar refractivity (Wildman–Crippen MR) is 72.8 cm³/mol. The predicted octanol–water partition coefficient (Wildman–Crippen LogP) is 3.60. The van der Waals surface area contributed by atoms with Crippen LogP contribution in [-0.2, 0) is 0 Å². The van der Waals surface area contributed by atoms with Gasteiger partial charge in [-0.2, -0.15) is 0 Å². The topological polar surface area (TPSA) is 64.1 Å². The maximum atomic E-state index is 13.3. The van der Waals surface area contributed by atoms with E-state index in [2.05, 4.69) is 10.3 Å². The third-order valence-electron chi connectivity index (χ3n) is 2.83. The fraction of sp³-hybridized carbons (Fsp3) is 0.0714. The molecule has 19 heavy (non-hydrogen) atoms. The number of aromatic nitrogens is 1. The van der Waals surface area contributed by atoms with Crippen LogP contribution in [-0.4, -0.2) is 4.98 Å². The summed E-state index contributed by atoms with van der Waals surface area (Å²) < 4.78 is 18.8. The molecule has 1 heterocycles. The number of halogens is 1.